The highest BCUT2D eigenvalue weighted by Gasteiger charge is 2.28. The summed E-state index contributed by atoms with van der Waals surface area (Å²) in [7, 11) is 0. The molecule has 20 heavy (non-hydrogen) atoms. The molecule has 0 spiro atoms. The number of hydrogen-bond acceptors (Lipinski definition) is 3. The van der Waals surface area contributed by atoms with Crippen molar-refractivity contribution >= 4 is 0 Å². The molecule has 2 heterocycles. The first kappa shape index (κ1) is 13.3. The van der Waals surface area contributed by atoms with Gasteiger partial charge in [-0.3, -0.25) is 4.90 Å². The third-order valence-corrected chi connectivity index (χ3v) is 4.21. The van der Waals surface area contributed by atoms with Crippen LogP contribution in [0.3, 0.4) is 0 Å². The summed E-state index contributed by atoms with van der Waals surface area (Å²) in [6.07, 6.45) is 3.08. The predicted molar refractivity (Wildman–Crippen MR) is 80.6 cm³/mol. The van der Waals surface area contributed by atoms with Crippen molar-refractivity contribution in [3.8, 4) is 5.69 Å². The maximum atomic E-state index is 5.81. The van der Waals surface area contributed by atoms with Gasteiger partial charge < -0.3 is 5.73 Å². The lowest BCUT2D eigenvalue weighted by Crippen LogP contribution is -2.28. The maximum absolute atomic E-state index is 5.81. The van der Waals surface area contributed by atoms with Gasteiger partial charge >= 0.3 is 0 Å². The number of likely N-dealkylation sites (tertiary alicyclic amines) is 1. The van der Waals surface area contributed by atoms with Crippen LogP contribution in [0.2, 0.25) is 0 Å². The van der Waals surface area contributed by atoms with Crippen LogP contribution >= 0.6 is 0 Å². The molecule has 1 fully saturated rings. The van der Waals surface area contributed by atoms with Crippen molar-refractivity contribution in [1.82, 2.24) is 14.7 Å². The lowest BCUT2D eigenvalue weighted by atomic mass is 10.1. The fraction of sp³-hybridized carbons (Fsp3) is 0.438. The van der Waals surface area contributed by atoms with E-state index in [1.165, 1.54) is 12.1 Å². The number of nitrogens with zero attached hydrogens (tertiary/aromatic N) is 3. The van der Waals surface area contributed by atoms with Gasteiger partial charge in [0.2, 0.25) is 0 Å². The molecule has 1 aromatic heterocycles. The third kappa shape index (κ3) is 2.62. The maximum Gasteiger partial charge on any atom is 0.0649 e. The first-order valence-electron chi connectivity index (χ1n) is 7.30. The Hall–Kier alpha value is -1.65. The minimum Gasteiger partial charge on any atom is -0.330 e. The second-order valence-electron chi connectivity index (χ2n) is 5.69. The molecule has 1 aliphatic heterocycles. The van der Waals surface area contributed by atoms with Crippen molar-refractivity contribution in [1.29, 1.82) is 0 Å². The molecule has 106 valence electrons. The van der Waals surface area contributed by atoms with Crippen molar-refractivity contribution in [3.05, 3.63) is 48.3 Å². The van der Waals surface area contributed by atoms with Crippen LogP contribution in [-0.2, 0) is 6.54 Å². The average Bonchev–Trinajstić information content (AvgIpc) is 3.08. The van der Waals surface area contributed by atoms with Crippen LogP contribution in [0.4, 0.5) is 0 Å². The van der Waals surface area contributed by atoms with Gasteiger partial charge in [0.25, 0.3) is 0 Å². The number of aromatic nitrogens is 2. The highest BCUT2D eigenvalue weighted by molar-refractivity contribution is 5.32. The number of nitrogens with two attached hydrogens (primary N) is 1. The van der Waals surface area contributed by atoms with E-state index in [1.54, 1.807) is 0 Å². The van der Waals surface area contributed by atoms with E-state index in [1.807, 2.05) is 29.1 Å². The van der Waals surface area contributed by atoms with Crippen molar-refractivity contribution < 1.29 is 0 Å². The normalized spacial score (nSPS) is 23.3. The molecule has 1 aromatic carbocycles. The van der Waals surface area contributed by atoms with E-state index >= 15 is 0 Å². The van der Waals surface area contributed by atoms with Crippen molar-refractivity contribution in [2.75, 3.05) is 13.1 Å². The molecule has 0 bridgehead atoms. The first-order valence-corrected chi connectivity index (χ1v) is 7.30. The SMILES string of the molecule is CC1CC(CN)CN1Cc1ccnn1-c1ccccc1. The molecule has 1 saturated heterocycles. The Balaban J connectivity index is 1.78. The topological polar surface area (TPSA) is 47.1 Å². The molecule has 2 aromatic rings. The Labute approximate surface area is 120 Å². The van der Waals surface area contributed by atoms with Gasteiger partial charge in [0.1, 0.15) is 0 Å². The van der Waals surface area contributed by atoms with Gasteiger partial charge in [0, 0.05) is 25.3 Å². The standard InChI is InChI=1S/C16H22N4/c1-13-9-14(10-17)11-19(13)12-16-7-8-18-20(16)15-5-3-2-4-6-15/h2-8,13-14H,9-12,17H2,1H3. The van der Waals surface area contributed by atoms with Gasteiger partial charge in [-0.15, -0.1) is 0 Å². The predicted octanol–water partition coefficient (Wildman–Crippen LogP) is 2.04. The number of benzene rings is 1. The van der Waals surface area contributed by atoms with E-state index in [0.29, 0.717) is 12.0 Å². The zero-order chi connectivity index (χ0) is 13.9. The molecule has 3 rings (SSSR count). The highest BCUT2D eigenvalue weighted by Crippen LogP contribution is 2.24. The fourth-order valence-electron chi connectivity index (χ4n) is 3.07. The monoisotopic (exact) mass is 270 g/mol. The van der Waals surface area contributed by atoms with E-state index < -0.39 is 0 Å². The molecule has 4 heteroatoms. The van der Waals surface area contributed by atoms with Crippen molar-refractivity contribution in [2.45, 2.75) is 25.9 Å². The molecule has 0 aliphatic carbocycles. The fourth-order valence-corrected chi connectivity index (χ4v) is 3.07. The van der Waals surface area contributed by atoms with Crippen LogP contribution in [0, 0.1) is 5.92 Å². The van der Waals surface area contributed by atoms with Crippen LogP contribution < -0.4 is 5.73 Å². The second-order valence-corrected chi connectivity index (χ2v) is 5.69. The average molecular weight is 270 g/mol. The Kier molecular flexibility index (Phi) is 3.85. The Bertz CT molecular complexity index is 549. The summed E-state index contributed by atoms with van der Waals surface area (Å²) >= 11 is 0. The first-order chi connectivity index (χ1) is 9.78. The van der Waals surface area contributed by atoms with Gasteiger partial charge in [-0.2, -0.15) is 5.10 Å². The Morgan fingerprint density at radius 3 is 2.75 bits per heavy atom. The molecule has 0 amide bonds. The molecule has 2 N–H and O–H groups in total. The molecule has 0 radical (unpaired) electrons. The Morgan fingerprint density at radius 2 is 2.05 bits per heavy atom. The van der Waals surface area contributed by atoms with Crippen molar-refractivity contribution in [3.63, 3.8) is 0 Å². The smallest absolute Gasteiger partial charge is 0.0649 e. The largest absolute Gasteiger partial charge is 0.330 e. The summed E-state index contributed by atoms with van der Waals surface area (Å²) in [6, 6.07) is 13.0. The van der Waals surface area contributed by atoms with Gasteiger partial charge in [-0.05, 0) is 44.0 Å². The minimum absolute atomic E-state index is 0.600. The summed E-state index contributed by atoms with van der Waals surface area (Å²) < 4.78 is 2.03. The third-order valence-electron chi connectivity index (χ3n) is 4.21. The zero-order valence-electron chi connectivity index (χ0n) is 11.9. The highest BCUT2D eigenvalue weighted by atomic mass is 15.3. The van der Waals surface area contributed by atoms with Crippen LogP contribution in [-0.4, -0.2) is 33.8 Å². The van der Waals surface area contributed by atoms with Crippen molar-refractivity contribution in [2.24, 2.45) is 11.7 Å². The lowest BCUT2D eigenvalue weighted by molar-refractivity contribution is 0.250. The summed E-state index contributed by atoms with van der Waals surface area (Å²) in [6.45, 7) is 5.11. The molecular formula is C16H22N4. The number of rotatable bonds is 4. The Morgan fingerprint density at radius 1 is 1.25 bits per heavy atom. The van der Waals surface area contributed by atoms with E-state index in [9.17, 15) is 0 Å². The van der Waals surface area contributed by atoms with Crippen LogP contribution in [0.1, 0.15) is 19.0 Å². The van der Waals surface area contributed by atoms with Gasteiger partial charge in [-0.25, -0.2) is 4.68 Å². The summed E-state index contributed by atoms with van der Waals surface area (Å²) in [5, 5.41) is 4.46. The summed E-state index contributed by atoms with van der Waals surface area (Å²) in [4.78, 5) is 2.51. The van der Waals surface area contributed by atoms with Gasteiger partial charge in [0.05, 0.1) is 11.4 Å². The lowest BCUT2D eigenvalue weighted by Gasteiger charge is -2.21. The van der Waals surface area contributed by atoms with Crippen LogP contribution in [0.5, 0.6) is 0 Å². The van der Waals surface area contributed by atoms with E-state index in [4.69, 9.17) is 5.73 Å². The molecular weight excluding hydrogens is 248 g/mol. The summed E-state index contributed by atoms with van der Waals surface area (Å²) in [5.74, 6) is 0.637. The van der Waals surface area contributed by atoms with Gasteiger partial charge in [-0.1, -0.05) is 18.2 Å². The minimum atomic E-state index is 0.600. The molecule has 2 atom stereocenters. The molecule has 0 saturated carbocycles. The zero-order valence-corrected chi connectivity index (χ0v) is 11.9. The number of hydrogen-bond donors (Lipinski definition) is 1. The molecule has 2 unspecified atom stereocenters. The van der Waals surface area contributed by atoms with Gasteiger partial charge in [0.15, 0.2) is 0 Å². The van der Waals surface area contributed by atoms with E-state index in [2.05, 4.69) is 35.1 Å². The molecule has 1 aliphatic rings. The quantitative estimate of drug-likeness (QED) is 0.925. The van der Waals surface area contributed by atoms with Crippen LogP contribution in [0.15, 0.2) is 42.6 Å². The number of para-hydroxylation sites is 1. The second kappa shape index (κ2) is 5.77. The van der Waals surface area contributed by atoms with E-state index in [-0.39, 0.29) is 0 Å². The van der Waals surface area contributed by atoms with E-state index in [0.717, 1.165) is 25.3 Å². The molecule has 4 nitrogen and oxygen atoms in total. The summed E-state index contributed by atoms with van der Waals surface area (Å²) in [5.41, 5.74) is 8.17. The van der Waals surface area contributed by atoms with Crippen LogP contribution in [0.25, 0.3) is 5.69 Å².